The van der Waals surface area contributed by atoms with E-state index in [1.807, 2.05) is 199 Å². The Hall–Kier alpha value is -10.8. The van der Waals surface area contributed by atoms with Gasteiger partial charge < -0.3 is 9.13 Å². The summed E-state index contributed by atoms with van der Waals surface area (Å²) in [5, 5.41) is 15.4. The van der Waals surface area contributed by atoms with Crippen molar-refractivity contribution in [2.45, 2.75) is 0 Å². The molecule has 0 aliphatic rings. The van der Waals surface area contributed by atoms with Gasteiger partial charge in [-0.1, -0.05) is 188 Å². The van der Waals surface area contributed by atoms with Crippen molar-refractivity contribution in [1.82, 2.24) is 39.0 Å². The highest BCUT2D eigenvalue weighted by Crippen LogP contribution is 2.44. The summed E-state index contributed by atoms with van der Waals surface area (Å²) in [6.07, 6.45) is 0. The number of halogens is 2. The molecule has 0 atom stereocenters. The molecule has 0 aliphatic carbocycles. The average Bonchev–Trinajstić information content (AvgIpc) is 4.18. The van der Waals surface area contributed by atoms with Crippen LogP contribution in [-0.2, 0) is 0 Å². The highest BCUT2D eigenvalue weighted by atomic mass is 19.1. The molecule has 0 N–H and O–H groups in total. The van der Waals surface area contributed by atoms with Crippen LogP contribution in [0.3, 0.4) is 0 Å². The van der Waals surface area contributed by atoms with Gasteiger partial charge in [0.15, 0.2) is 34.9 Å². The first-order valence-corrected chi connectivity index (χ1v) is 25.3. The first kappa shape index (κ1) is 45.8. The van der Waals surface area contributed by atoms with Crippen molar-refractivity contribution in [3.63, 3.8) is 0 Å². The molecule has 0 radical (unpaired) electrons. The molecular weight excluding hydrogens is 969 g/mol. The summed E-state index contributed by atoms with van der Waals surface area (Å²) in [5.41, 5.74) is 8.50. The molecule has 0 saturated heterocycles. The van der Waals surface area contributed by atoms with E-state index in [4.69, 9.17) is 29.9 Å². The van der Waals surface area contributed by atoms with Gasteiger partial charge in [0.2, 0.25) is 0 Å². The molecule has 11 heteroatoms. The molecule has 366 valence electrons. The van der Waals surface area contributed by atoms with E-state index in [9.17, 15) is 5.26 Å². The molecule has 0 aliphatic heterocycles. The maximum atomic E-state index is 16.6. The Kier molecular flexibility index (Phi) is 11.0. The van der Waals surface area contributed by atoms with Crippen molar-refractivity contribution in [2.75, 3.05) is 0 Å². The predicted octanol–water partition coefficient (Wildman–Crippen LogP) is 16.1. The molecule has 0 unspecified atom stereocenters. The van der Waals surface area contributed by atoms with Crippen molar-refractivity contribution in [3.05, 3.63) is 254 Å². The first-order chi connectivity index (χ1) is 38.5. The number of aromatic nitrogens is 8. The standard InChI is InChI=1S/C67H39F2N9/c68-53-28-17-29-54(69)60(53)51-36-37-57(77-55-30-15-13-26-47(55)49-34-32-45(38-58(49)77)66-73-62(41-18-5-1-6-19-41)71-63(74-66)42-20-7-2-8-21-42)52(40-70)61(51)78-56-31-16-14-27-48(56)50-35-33-46(39-59(50)78)67-75-64(43-22-9-3-10-23-43)72-65(76-67)44-24-11-4-12-25-44/h1-39H. The van der Waals surface area contributed by atoms with E-state index < -0.39 is 11.6 Å². The molecule has 9 nitrogen and oxygen atoms in total. The molecule has 14 rings (SSSR count). The van der Waals surface area contributed by atoms with Gasteiger partial charge in [0.25, 0.3) is 0 Å². The summed E-state index contributed by atoms with van der Waals surface area (Å²) >= 11 is 0. The number of para-hydroxylation sites is 2. The highest BCUT2D eigenvalue weighted by molar-refractivity contribution is 6.12. The smallest absolute Gasteiger partial charge is 0.164 e. The van der Waals surface area contributed by atoms with Crippen molar-refractivity contribution < 1.29 is 8.78 Å². The molecule has 14 aromatic rings. The van der Waals surface area contributed by atoms with Crippen molar-refractivity contribution in [3.8, 4) is 96.9 Å². The number of fused-ring (bicyclic) bond motifs is 6. The van der Waals surface area contributed by atoms with Gasteiger partial charge in [-0.3, -0.25) is 0 Å². The summed E-state index contributed by atoms with van der Waals surface area (Å²) in [5.74, 6) is 1.36. The summed E-state index contributed by atoms with van der Waals surface area (Å²) in [6, 6.07) is 77.0. The fourth-order valence-corrected chi connectivity index (χ4v) is 10.7. The second-order valence-corrected chi connectivity index (χ2v) is 18.8. The van der Waals surface area contributed by atoms with Crippen LogP contribution in [0.5, 0.6) is 0 Å². The quantitative estimate of drug-likeness (QED) is 0.142. The lowest BCUT2D eigenvalue weighted by Crippen LogP contribution is -2.07. The maximum absolute atomic E-state index is 16.6. The van der Waals surface area contributed by atoms with E-state index in [2.05, 4.69) is 22.8 Å². The van der Waals surface area contributed by atoms with E-state index in [-0.39, 0.29) is 22.4 Å². The van der Waals surface area contributed by atoms with Crippen LogP contribution in [0.2, 0.25) is 0 Å². The topological polar surface area (TPSA) is 111 Å². The van der Waals surface area contributed by atoms with E-state index in [1.165, 1.54) is 18.2 Å². The Balaban J connectivity index is 1.04. The Bertz CT molecular complexity index is 4570. The summed E-state index contributed by atoms with van der Waals surface area (Å²) in [6.45, 7) is 0. The van der Waals surface area contributed by atoms with Crippen LogP contribution >= 0.6 is 0 Å². The monoisotopic (exact) mass is 1010 g/mol. The number of hydrogen-bond acceptors (Lipinski definition) is 7. The van der Waals surface area contributed by atoms with Gasteiger partial charge in [-0.2, -0.15) is 5.26 Å². The Labute approximate surface area is 445 Å². The molecule has 0 amide bonds. The molecule has 0 spiro atoms. The Morgan fingerprint density at radius 1 is 0.321 bits per heavy atom. The van der Waals surface area contributed by atoms with E-state index in [1.54, 1.807) is 12.1 Å². The number of benzene rings is 10. The zero-order valence-corrected chi connectivity index (χ0v) is 41.3. The first-order valence-electron chi connectivity index (χ1n) is 25.3. The van der Waals surface area contributed by atoms with Crippen molar-refractivity contribution in [2.24, 2.45) is 0 Å². The third kappa shape index (κ3) is 7.74. The van der Waals surface area contributed by atoms with Gasteiger partial charge in [0.05, 0.1) is 39.0 Å². The summed E-state index contributed by atoms with van der Waals surface area (Å²) < 4.78 is 37.1. The summed E-state index contributed by atoms with van der Waals surface area (Å²) in [4.78, 5) is 30.1. The van der Waals surface area contributed by atoms with Crippen LogP contribution in [0.4, 0.5) is 8.78 Å². The van der Waals surface area contributed by atoms with Crippen LogP contribution in [0, 0.1) is 23.0 Å². The van der Waals surface area contributed by atoms with Crippen LogP contribution in [0.15, 0.2) is 237 Å². The molecule has 0 saturated carbocycles. The average molecular weight is 1010 g/mol. The Morgan fingerprint density at radius 2 is 0.679 bits per heavy atom. The fourth-order valence-electron chi connectivity index (χ4n) is 10.7. The summed E-state index contributed by atoms with van der Waals surface area (Å²) in [7, 11) is 0. The van der Waals surface area contributed by atoms with Crippen LogP contribution in [0.25, 0.3) is 134 Å². The number of hydrogen-bond donors (Lipinski definition) is 0. The zero-order valence-electron chi connectivity index (χ0n) is 41.3. The normalized spacial score (nSPS) is 11.4. The van der Waals surface area contributed by atoms with E-state index in [0.29, 0.717) is 62.8 Å². The number of nitriles is 1. The second kappa shape index (κ2) is 18.8. The Morgan fingerprint density at radius 3 is 1.10 bits per heavy atom. The van der Waals surface area contributed by atoms with Gasteiger partial charge >= 0.3 is 0 Å². The van der Waals surface area contributed by atoms with Crippen molar-refractivity contribution in [1.29, 1.82) is 5.26 Å². The predicted molar refractivity (Wildman–Crippen MR) is 305 cm³/mol. The minimum atomic E-state index is -0.773. The largest absolute Gasteiger partial charge is 0.308 e. The van der Waals surface area contributed by atoms with Crippen LogP contribution in [0.1, 0.15) is 5.56 Å². The number of nitrogens with zero attached hydrogens (tertiary/aromatic N) is 9. The minimum absolute atomic E-state index is 0.173. The maximum Gasteiger partial charge on any atom is 0.164 e. The SMILES string of the molecule is N#Cc1c(-n2c3ccccc3c3ccc(-c4nc(-c5ccccc5)nc(-c5ccccc5)n4)cc32)ccc(-c2c(F)cccc2F)c1-n1c2ccccc2c2ccc(-c3nc(-c4ccccc4)nc(-c4ccccc4)n3)cc21. The van der Waals surface area contributed by atoms with Crippen LogP contribution in [-0.4, -0.2) is 39.0 Å². The third-order valence-corrected chi connectivity index (χ3v) is 14.2. The highest BCUT2D eigenvalue weighted by Gasteiger charge is 2.28. The molecular formula is C67H39F2N9. The van der Waals surface area contributed by atoms with Crippen molar-refractivity contribution >= 4 is 43.6 Å². The number of rotatable bonds is 9. The molecule has 4 heterocycles. The molecule has 4 aromatic heterocycles. The minimum Gasteiger partial charge on any atom is -0.308 e. The van der Waals surface area contributed by atoms with Gasteiger partial charge in [-0.25, -0.2) is 38.7 Å². The third-order valence-electron chi connectivity index (χ3n) is 14.2. The van der Waals surface area contributed by atoms with Gasteiger partial charge in [0.1, 0.15) is 23.3 Å². The molecule has 0 fully saturated rings. The van der Waals surface area contributed by atoms with Gasteiger partial charge in [0, 0.05) is 60.5 Å². The van der Waals surface area contributed by atoms with E-state index >= 15 is 8.78 Å². The zero-order chi connectivity index (χ0) is 52.3. The molecule has 10 aromatic carbocycles. The van der Waals surface area contributed by atoms with Crippen LogP contribution < -0.4 is 0 Å². The van der Waals surface area contributed by atoms with E-state index in [0.717, 1.165) is 54.8 Å². The fraction of sp³-hybridized carbons (Fsp3) is 0. The lowest BCUT2D eigenvalue weighted by molar-refractivity contribution is 0.589. The lowest BCUT2D eigenvalue weighted by Gasteiger charge is -2.20. The van der Waals surface area contributed by atoms with Gasteiger partial charge in [-0.05, 0) is 48.5 Å². The molecule has 78 heavy (non-hydrogen) atoms. The van der Waals surface area contributed by atoms with Gasteiger partial charge in [-0.15, -0.1) is 0 Å². The molecule has 0 bridgehead atoms. The second-order valence-electron chi connectivity index (χ2n) is 18.8. The lowest BCUT2D eigenvalue weighted by atomic mass is 9.97.